The van der Waals surface area contributed by atoms with Crippen LogP contribution >= 0.6 is 0 Å². The summed E-state index contributed by atoms with van der Waals surface area (Å²) < 4.78 is 33.6. The highest BCUT2D eigenvalue weighted by Crippen LogP contribution is 2.33. The molecule has 0 aromatic heterocycles. The van der Waals surface area contributed by atoms with Crippen LogP contribution in [0.2, 0.25) is 0 Å². The van der Waals surface area contributed by atoms with E-state index in [1.165, 1.54) is 29.6 Å². The van der Waals surface area contributed by atoms with Crippen molar-refractivity contribution in [2.75, 3.05) is 19.0 Å². The van der Waals surface area contributed by atoms with Crippen LogP contribution in [0, 0.1) is 0 Å². The van der Waals surface area contributed by atoms with Gasteiger partial charge in [-0.15, -0.1) is 0 Å². The summed E-state index contributed by atoms with van der Waals surface area (Å²) in [5.74, 6) is -0.273. The SMILES string of the molecule is C=CC(=O)NC1CCN(S(=O)(=O)c2ccc(NC(=O)CCc3ccccc3)cc2OC)C(C)C1. The molecule has 1 fully saturated rings. The number of benzene rings is 2. The molecule has 2 N–H and O–H groups in total. The number of carbonyl (C=O) groups excluding carboxylic acids is 2. The van der Waals surface area contributed by atoms with Crippen LogP contribution in [0.5, 0.6) is 5.75 Å². The standard InChI is InChI=1S/C25H31N3O5S/c1-4-24(29)26-21-14-15-28(18(2)16-21)34(31,32)23-12-11-20(17-22(23)33-3)27-25(30)13-10-19-8-6-5-7-9-19/h4-9,11-12,17-18,21H,1,10,13-16H2,2-3H3,(H,26,29)(H,27,30). The molecule has 1 saturated heterocycles. The van der Waals surface area contributed by atoms with Gasteiger partial charge in [-0.05, 0) is 50.0 Å². The van der Waals surface area contributed by atoms with Crippen molar-refractivity contribution in [3.63, 3.8) is 0 Å². The third-order valence-electron chi connectivity index (χ3n) is 5.86. The molecule has 34 heavy (non-hydrogen) atoms. The summed E-state index contributed by atoms with van der Waals surface area (Å²) >= 11 is 0. The van der Waals surface area contributed by atoms with Crippen molar-refractivity contribution in [2.24, 2.45) is 0 Å². The van der Waals surface area contributed by atoms with Crippen molar-refractivity contribution in [3.05, 3.63) is 66.7 Å². The van der Waals surface area contributed by atoms with E-state index < -0.39 is 10.0 Å². The van der Waals surface area contributed by atoms with Crippen LogP contribution in [0.25, 0.3) is 0 Å². The summed E-state index contributed by atoms with van der Waals surface area (Å²) in [6.07, 6.45) is 3.12. The molecule has 2 unspecified atom stereocenters. The van der Waals surface area contributed by atoms with Gasteiger partial charge in [0, 0.05) is 36.8 Å². The third kappa shape index (κ3) is 6.24. The largest absolute Gasteiger partial charge is 0.495 e. The van der Waals surface area contributed by atoms with E-state index in [2.05, 4.69) is 17.2 Å². The van der Waals surface area contributed by atoms with Crippen LogP contribution < -0.4 is 15.4 Å². The number of carbonyl (C=O) groups is 2. The average Bonchev–Trinajstić information content (AvgIpc) is 2.83. The Bertz CT molecular complexity index is 1130. The Hall–Kier alpha value is -3.17. The predicted molar refractivity (Wildman–Crippen MR) is 131 cm³/mol. The first-order chi connectivity index (χ1) is 16.2. The molecule has 9 heteroatoms. The van der Waals surface area contributed by atoms with Gasteiger partial charge in [0.25, 0.3) is 0 Å². The van der Waals surface area contributed by atoms with Gasteiger partial charge in [-0.25, -0.2) is 8.42 Å². The predicted octanol–water partition coefficient (Wildman–Crippen LogP) is 3.11. The van der Waals surface area contributed by atoms with Gasteiger partial charge >= 0.3 is 0 Å². The Morgan fingerprint density at radius 2 is 1.94 bits per heavy atom. The number of ether oxygens (including phenoxy) is 1. The molecule has 0 saturated carbocycles. The lowest BCUT2D eigenvalue weighted by Crippen LogP contribution is -2.50. The lowest BCUT2D eigenvalue weighted by atomic mass is 10.0. The molecular weight excluding hydrogens is 454 g/mol. The zero-order valence-corrected chi connectivity index (χ0v) is 20.3. The maximum absolute atomic E-state index is 13.4. The molecule has 2 aromatic rings. The van der Waals surface area contributed by atoms with E-state index in [1.54, 1.807) is 6.07 Å². The van der Waals surface area contributed by atoms with E-state index in [9.17, 15) is 18.0 Å². The van der Waals surface area contributed by atoms with Gasteiger partial charge in [0.1, 0.15) is 10.6 Å². The first-order valence-electron chi connectivity index (χ1n) is 11.2. The highest BCUT2D eigenvalue weighted by Gasteiger charge is 2.36. The molecule has 1 aliphatic heterocycles. The summed E-state index contributed by atoms with van der Waals surface area (Å²) in [7, 11) is -2.44. The van der Waals surface area contributed by atoms with Crippen molar-refractivity contribution in [1.82, 2.24) is 9.62 Å². The Kier molecular flexibility index (Phi) is 8.46. The Morgan fingerprint density at radius 3 is 2.59 bits per heavy atom. The lowest BCUT2D eigenvalue weighted by Gasteiger charge is -2.37. The van der Waals surface area contributed by atoms with Crippen LogP contribution in [-0.2, 0) is 26.0 Å². The fourth-order valence-electron chi connectivity index (χ4n) is 4.11. The van der Waals surface area contributed by atoms with Crippen molar-refractivity contribution in [2.45, 2.75) is 49.6 Å². The van der Waals surface area contributed by atoms with Gasteiger partial charge in [0.2, 0.25) is 21.8 Å². The van der Waals surface area contributed by atoms with Gasteiger partial charge in [-0.2, -0.15) is 4.31 Å². The summed E-state index contributed by atoms with van der Waals surface area (Å²) in [6, 6.07) is 13.8. The Balaban J connectivity index is 1.68. The monoisotopic (exact) mass is 485 g/mol. The number of rotatable bonds is 9. The summed E-state index contributed by atoms with van der Waals surface area (Å²) in [4.78, 5) is 24.0. The number of anilines is 1. The molecule has 0 radical (unpaired) electrons. The van der Waals surface area contributed by atoms with Crippen molar-refractivity contribution in [3.8, 4) is 5.75 Å². The molecule has 2 atom stereocenters. The molecule has 0 bridgehead atoms. The molecule has 182 valence electrons. The second-order valence-corrected chi connectivity index (χ2v) is 10.2. The van der Waals surface area contributed by atoms with E-state index in [0.29, 0.717) is 31.4 Å². The van der Waals surface area contributed by atoms with Crippen LogP contribution in [0.3, 0.4) is 0 Å². The number of piperidine rings is 1. The molecule has 0 aliphatic carbocycles. The van der Waals surface area contributed by atoms with E-state index in [0.717, 1.165) is 5.56 Å². The van der Waals surface area contributed by atoms with E-state index in [4.69, 9.17) is 4.74 Å². The van der Waals surface area contributed by atoms with Crippen LogP contribution in [0.15, 0.2) is 66.1 Å². The molecular formula is C25H31N3O5S. The van der Waals surface area contributed by atoms with Crippen molar-refractivity contribution in [1.29, 1.82) is 0 Å². The topological polar surface area (TPSA) is 105 Å². The van der Waals surface area contributed by atoms with E-state index in [1.807, 2.05) is 37.3 Å². The average molecular weight is 486 g/mol. The van der Waals surface area contributed by atoms with Gasteiger partial charge in [0.15, 0.2) is 0 Å². The van der Waals surface area contributed by atoms with Crippen LogP contribution in [0.4, 0.5) is 5.69 Å². The smallest absolute Gasteiger partial charge is 0.247 e. The summed E-state index contributed by atoms with van der Waals surface area (Å²) in [5, 5.41) is 5.64. The molecule has 0 spiro atoms. The van der Waals surface area contributed by atoms with Crippen LogP contribution in [0.1, 0.15) is 31.7 Å². The highest BCUT2D eigenvalue weighted by atomic mass is 32.2. The number of hydrogen-bond acceptors (Lipinski definition) is 5. The number of methoxy groups -OCH3 is 1. The first kappa shape index (κ1) is 25.5. The number of sulfonamides is 1. The second-order valence-electron chi connectivity index (χ2n) is 8.30. The molecule has 3 rings (SSSR count). The van der Waals surface area contributed by atoms with Gasteiger partial charge < -0.3 is 15.4 Å². The fourth-order valence-corrected chi connectivity index (χ4v) is 5.90. The molecule has 1 aliphatic rings. The number of nitrogens with zero attached hydrogens (tertiary/aromatic N) is 1. The molecule has 1 heterocycles. The number of nitrogens with one attached hydrogen (secondary N) is 2. The minimum absolute atomic E-state index is 0.0395. The first-order valence-corrected chi connectivity index (χ1v) is 12.6. The third-order valence-corrected chi connectivity index (χ3v) is 7.92. The maximum Gasteiger partial charge on any atom is 0.247 e. The maximum atomic E-state index is 13.4. The normalized spacial score (nSPS) is 18.6. The minimum Gasteiger partial charge on any atom is -0.495 e. The number of amides is 2. The Morgan fingerprint density at radius 1 is 1.21 bits per heavy atom. The second kappa shape index (κ2) is 11.3. The van der Waals surface area contributed by atoms with Crippen molar-refractivity contribution >= 4 is 27.5 Å². The fraction of sp³-hybridized carbons (Fsp3) is 0.360. The zero-order chi connectivity index (χ0) is 24.7. The minimum atomic E-state index is -3.84. The summed E-state index contributed by atoms with van der Waals surface area (Å²) in [6.45, 7) is 5.54. The zero-order valence-electron chi connectivity index (χ0n) is 19.5. The van der Waals surface area contributed by atoms with E-state index >= 15 is 0 Å². The Labute approximate surface area is 201 Å². The lowest BCUT2D eigenvalue weighted by molar-refractivity contribution is -0.117. The van der Waals surface area contributed by atoms with Gasteiger partial charge in [-0.1, -0.05) is 36.9 Å². The quantitative estimate of drug-likeness (QED) is 0.531. The number of aryl methyl sites for hydroxylation is 1. The van der Waals surface area contributed by atoms with Crippen LogP contribution in [-0.4, -0.2) is 50.3 Å². The van der Waals surface area contributed by atoms with E-state index in [-0.39, 0.29) is 41.1 Å². The van der Waals surface area contributed by atoms with Crippen molar-refractivity contribution < 1.29 is 22.7 Å². The molecule has 8 nitrogen and oxygen atoms in total. The number of hydrogen-bond donors (Lipinski definition) is 2. The van der Waals surface area contributed by atoms with Gasteiger partial charge in [-0.3, -0.25) is 9.59 Å². The molecule has 2 amide bonds. The summed E-state index contributed by atoms with van der Waals surface area (Å²) in [5.41, 5.74) is 1.53. The highest BCUT2D eigenvalue weighted by molar-refractivity contribution is 7.89. The van der Waals surface area contributed by atoms with Gasteiger partial charge in [0.05, 0.1) is 7.11 Å². The molecule has 2 aromatic carbocycles.